The molecule has 3 aromatic rings. The second-order valence-corrected chi connectivity index (χ2v) is 6.99. The lowest BCUT2D eigenvalue weighted by atomic mass is 10.1. The maximum Gasteiger partial charge on any atom is 0.252 e. The molecule has 0 atom stereocenters. The molecule has 1 amide bonds. The van der Waals surface area contributed by atoms with Gasteiger partial charge in [-0.15, -0.1) is 0 Å². The summed E-state index contributed by atoms with van der Waals surface area (Å²) < 4.78 is 15.8. The number of halogens is 2. The molecule has 0 aliphatic carbocycles. The fourth-order valence-corrected chi connectivity index (χ4v) is 3.21. The number of rotatable bonds is 5. The van der Waals surface area contributed by atoms with Gasteiger partial charge < -0.3 is 5.32 Å². The molecule has 1 aromatic heterocycles. The number of benzene rings is 2. The molecule has 0 aliphatic rings. The average Bonchev–Trinajstić information content (AvgIpc) is 2.96. The summed E-state index contributed by atoms with van der Waals surface area (Å²) in [5.74, 6) is -0.728. The molecule has 0 unspecified atom stereocenters. The van der Waals surface area contributed by atoms with Gasteiger partial charge in [0.15, 0.2) is 0 Å². The van der Waals surface area contributed by atoms with Crippen molar-refractivity contribution in [1.29, 1.82) is 0 Å². The minimum absolute atomic E-state index is 0.296. The summed E-state index contributed by atoms with van der Waals surface area (Å²) in [5.41, 5.74) is 4.48. The van der Waals surface area contributed by atoms with E-state index in [4.69, 9.17) is 0 Å². The van der Waals surface area contributed by atoms with Gasteiger partial charge in [-0.1, -0.05) is 12.1 Å². The van der Waals surface area contributed by atoms with Gasteiger partial charge in [0.25, 0.3) is 5.91 Å². The molecule has 0 saturated heterocycles. The number of hydrogen-bond donors (Lipinski definition) is 1. The Morgan fingerprint density at radius 2 is 1.88 bits per heavy atom. The van der Waals surface area contributed by atoms with Crippen LogP contribution in [0.3, 0.4) is 0 Å². The first kappa shape index (κ1) is 18.3. The van der Waals surface area contributed by atoms with E-state index in [1.165, 1.54) is 18.2 Å². The summed E-state index contributed by atoms with van der Waals surface area (Å²) in [6.07, 6.45) is 0.691. The zero-order chi connectivity index (χ0) is 18.7. The van der Waals surface area contributed by atoms with Crippen molar-refractivity contribution >= 4 is 21.8 Å². The van der Waals surface area contributed by atoms with Gasteiger partial charge in [0.2, 0.25) is 0 Å². The Bertz CT molecular complexity index is 935. The minimum Gasteiger partial charge on any atom is -0.352 e. The number of hydrogen-bond acceptors (Lipinski definition) is 2. The topological polar surface area (TPSA) is 46.9 Å². The Kier molecular flexibility index (Phi) is 5.52. The molecule has 3 rings (SSSR count). The molecule has 0 radical (unpaired) electrons. The number of nitrogens with zero attached hydrogens (tertiary/aromatic N) is 2. The van der Waals surface area contributed by atoms with Crippen molar-refractivity contribution in [2.75, 3.05) is 6.54 Å². The lowest BCUT2D eigenvalue weighted by Gasteiger charge is -2.08. The number of aryl methyl sites for hydroxylation is 2. The van der Waals surface area contributed by atoms with E-state index in [1.54, 1.807) is 0 Å². The number of carbonyl (C=O) groups excluding carboxylic acids is 1. The van der Waals surface area contributed by atoms with Crippen LogP contribution in [0.4, 0.5) is 4.39 Å². The molecule has 1 N–H and O–H groups in total. The molecule has 26 heavy (non-hydrogen) atoms. The predicted molar refractivity (Wildman–Crippen MR) is 103 cm³/mol. The fourth-order valence-electron chi connectivity index (χ4n) is 2.78. The zero-order valence-corrected chi connectivity index (χ0v) is 16.2. The summed E-state index contributed by atoms with van der Waals surface area (Å²) in [6.45, 7) is 4.46. The van der Waals surface area contributed by atoms with Crippen molar-refractivity contribution in [2.45, 2.75) is 20.3 Å². The van der Waals surface area contributed by atoms with Gasteiger partial charge in [-0.3, -0.25) is 4.79 Å². The van der Waals surface area contributed by atoms with Gasteiger partial charge in [0, 0.05) is 16.7 Å². The van der Waals surface area contributed by atoms with Crippen molar-refractivity contribution in [3.63, 3.8) is 0 Å². The second-order valence-electron chi connectivity index (χ2n) is 6.14. The van der Waals surface area contributed by atoms with E-state index < -0.39 is 5.82 Å². The van der Waals surface area contributed by atoms with Crippen molar-refractivity contribution in [3.05, 3.63) is 81.3 Å². The summed E-state index contributed by atoms with van der Waals surface area (Å²) in [6, 6.07) is 14.2. The third-order valence-corrected chi connectivity index (χ3v) is 4.75. The quantitative estimate of drug-likeness (QED) is 0.672. The Labute approximate surface area is 160 Å². The lowest BCUT2D eigenvalue weighted by molar-refractivity contribution is 0.0953. The van der Waals surface area contributed by atoms with Gasteiger partial charge in [-0.2, -0.15) is 5.10 Å². The van der Waals surface area contributed by atoms with Crippen LogP contribution in [0.5, 0.6) is 0 Å². The highest BCUT2D eigenvalue weighted by Crippen LogP contribution is 2.18. The summed E-state index contributed by atoms with van der Waals surface area (Å²) in [7, 11) is 0. The van der Waals surface area contributed by atoms with Crippen LogP contribution in [0.1, 0.15) is 27.3 Å². The third kappa shape index (κ3) is 4.19. The highest BCUT2D eigenvalue weighted by Gasteiger charge is 2.10. The second kappa shape index (κ2) is 7.83. The van der Waals surface area contributed by atoms with Crippen LogP contribution in [-0.2, 0) is 6.42 Å². The van der Waals surface area contributed by atoms with E-state index in [-0.39, 0.29) is 5.91 Å². The van der Waals surface area contributed by atoms with E-state index in [0.29, 0.717) is 23.0 Å². The van der Waals surface area contributed by atoms with Gasteiger partial charge >= 0.3 is 0 Å². The average molecular weight is 416 g/mol. The van der Waals surface area contributed by atoms with E-state index in [2.05, 4.69) is 26.3 Å². The Hall–Kier alpha value is -2.47. The molecule has 134 valence electrons. The smallest absolute Gasteiger partial charge is 0.252 e. The van der Waals surface area contributed by atoms with E-state index in [1.807, 2.05) is 48.9 Å². The summed E-state index contributed by atoms with van der Waals surface area (Å²) in [4.78, 5) is 12.2. The normalized spacial score (nSPS) is 10.8. The maximum atomic E-state index is 13.3. The number of amides is 1. The van der Waals surface area contributed by atoms with Gasteiger partial charge in [-0.05, 0) is 78.2 Å². The number of aromatic nitrogens is 2. The van der Waals surface area contributed by atoms with Crippen molar-refractivity contribution in [3.8, 4) is 5.69 Å². The van der Waals surface area contributed by atoms with Crippen molar-refractivity contribution in [1.82, 2.24) is 15.1 Å². The van der Waals surface area contributed by atoms with Crippen LogP contribution >= 0.6 is 15.9 Å². The molecule has 0 aliphatic heterocycles. The Morgan fingerprint density at radius 3 is 2.54 bits per heavy atom. The number of nitrogens with one attached hydrogen (secondary N) is 1. The van der Waals surface area contributed by atoms with Crippen LogP contribution in [-0.4, -0.2) is 22.2 Å². The molecular formula is C20H19BrFN3O. The number of carbonyl (C=O) groups is 1. The highest BCUT2D eigenvalue weighted by molar-refractivity contribution is 9.10. The van der Waals surface area contributed by atoms with Crippen LogP contribution in [0.2, 0.25) is 0 Å². The first-order valence-electron chi connectivity index (χ1n) is 8.30. The highest BCUT2D eigenvalue weighted by atomic mass is 79.9. The van der Waals surface area contributed by atoms with E-state index in [0.717, 1.165) is 22.6 Å². The van der Waals surface area contributed by atoms with Crippen LogP contribution in [0.15, 0.2) is 53.0 Å². The summed E-state index contributed by atoms with van der Waals surface area (Å²) in [5, 5.41) is 7.29. The maximum absolute atomic E-state index is 13.3. The van der Waals surface area contributed by atoms with Crippen LogP contribution in [0.25, 0.3) is 5.69 Å². The first-order valence-corrected chi connectivity index (χ1v) is 9.09. The molecule has 1 heterocycles. The Morgan fingerprint density at radius 1 is 1.15 bits per heavy atom. The summed E-state index contributed by atoms with van der Waals surface area (Å²) >= 11 is 3.27. The van der Waals surface area contributed by atoms with E-state index in [9.17, 15) is 9.18 Å². The molecule has 2 aromatic carbocycles. The van der Waals surface area contributed by atoms with Crippen molar-refractivity contribution < 1.29 is 9.18 Å². The fraction of sp³-hybridized carbons (Fsp3) is 0.200. The molecule has 0 saturated carbocycles. The van der Waals surface area contributed by atoms with Crippen LogP contribution < -0.4 is 5.32 Å². The van der Waals surface area contributed by atoms with Gasteiger partial charge in [0.1, 0.15) is 5.82 Å². The molecule has 4 nitrogen and oxygen atoms in total. The molecule has 0 fully saturated rings. The standard InChI is InChI=1S/C20H19BrFN3O/c1-13-11-14(2)25(24-13)17-6-3-15(4-7-17)9-10-23-20(26)18-12-16(22)5-8-19(18)21/h3-8,11-12H,9-10H2,1-2H3,(H,23,26). The van der Waals surface area contributed by atoms with E-state index >= 15 is 0 Å². The molecule has 0 bridgehead atoms. The Balaban J connectivity index is 1.59. The zero-order valence-electron chi connectivity index (χ0n) is 14.6. The lowest BCUT2D eigenvalue weighted by Crippen LogP contribution is -2.26. The third-order valence-electron chi connectivity index (χ3n) is 4.06. The SMILES string of the molecule is Cc1cc(C)n(-c2ccc(CCNC(=O)c3cc(F)ccc3Br)cc2)n1. The molecular weight excluding hydrogens is 397 g/mol. The van der Waals surface area contributed by atoms with Gasteiger partial charge in [-0.25, -0.2) is 9.07 Å². The predicted octanol–water partition coefficient (Wildman–Crippen LogP) is 4.36. The van der Waals surface area contributed by atoms with Crippen LogP contribution in [0, 0.1) is 19.7 Å². The first-order chi connectivity index (χ1) is 12.4. The van der Waals surface area contributed by atoms with Crippen molar-refractivity contribution in [2.24, 2.45) is 0 Å². The monoisotopic (exact) mass is 415 g/mol. The minimum atomic E-state index is -0.432. The molecule has 0 spiro atoms. The van der Waals surface area contributed by atoms with Gasteiger partial charge in [0.05, 0.1) is 16.9 Å². The molecule has 6 heteroatoms. The largest absolute Gasteiger partial charge is 0.352 e.